The monoisotopic (exact) mass is 286 g/mol. The Kier molecular flexibility index (Phi) is 5.15. The van der Waals surface area contributed by atoms with Gasteiger partial charge in [0, 0.05) is 12.6 Å². The highest BCUT2D eigenvalue weighted by molar-refractivity contribution is 5.62. The predicted molar refractivity (Wildman–Crippen MR) is 82.7 cm³/mol. The zero-order valence-electron chi connectivity index (χ0n) is 11.9. The van der Waals surface area contributed by atoms with E-state index in [1.165, 1.54) is 6.07 Å². The summed E-state index contributed by atoms with van der Waals surface area (Å²) in [6, 6.07) is 14.5. The molecule has 0 atom stereocenters. The number of hydrogen-bond donors (Lipinski definition) is 1. The van der Waals surface area contributed by atoms with E-state index in [0.29, 0.717) is 18.8 Å². The molecule has 0 fully saturated rings. The Balaban J connectivity index is 2.11. The van der Waals surface area contributed by atoms with E-state index in [2.05, 4.69) is 5.32 Å². The fourth-order valence-corrected chi connectivity index (χ4v) is 1.92. The molecule has 0 amide bonds. The molecular weight excluding hydrogens is 268 g/mol. The first-order valence-electron chi connectivity index (χ1n) is 6.89. The highest BCUT2D eigenvalue weighted by atomic mass is 16.6. The van der Waals surface area contributed by atoms with E-state index in [-0.39, 0.29) is 10.6 Å². The molecule has 0 spiro atoms. The van der Waals surface area contributed by atoms with Gasteiger partial charge in [-0.05, 0) is 36.2 Å². The third-order valence-corrected chi connectivity index (χ3v) is 2.97. The molecule has 0 radical (unpaired) electrons. The van der Waals surface area contributed by atoms with Crippen LogP contribution in [0.4, 0.5) is 11.4 Å². The molecule has 0 unspecified atom stereocenters. The van der Waals surface area contributed by atoms with Crippen molar-refractivity contribution in [2.24, 2.45) is 0 Å². The van der Waals surface area contributed by atoms with Gasteiger partial charge in [0.05, 0.1) is 4.92 Å². The maximum atomic E-state index is 11.0. The van der Waals surface area contributed by atoms with Gasteiger partial charge in [0.25, 0.3) is 5.69 Å². The molecule has 2 aromatic rings. The number of nitrogens with one attached hydrogen (secondary N) is 1. The van der Waals surface area contributed by atoms with E-state index < -0.39 is 0 Å². The van der Waals surface area contributed by atoms with Crippen LogP contribution in [0.1, 0.15) is 18.9 Å². The van der Waals surface area contributed by atoms with Crippen molar-refractivity contribution >= 4 is 11.4 Å². The summed E-state index contributed by atoms with van der Waals surface area (Å²) in [7, 11) is 0. The SMILES string of the molecule is CCCNc1cc(COc2ccccc2)ccc1[N+](=O)[O-]. The lowest BCUT2D eigenvalue weighted by Gasteiger charge is -2.10. The lowest BCUT2D eigenvalue weighted by molar-refractivity contribution is -0.384. The molecule has 0 aliphatic heterocycles. The van der Waals surface area contributed by atoms with Crippen LogP contribution in [-0.4, -0.2) is 11.5 Å². The van der Waals surface area contributed by atoms with Crippen LogP contribution < -0.4 is 10.1 Å². The molecule has 0 heterocycles. The third-order valence-electron chi connectivity index (χ3n) is 2.97. The normalized spacial score (nSPS) is 10.1. The summed E-state index contributed by atoms with van der Waals surface area (Å²) >= 11 is 0. The second-order valence-corrected chi connectivity index (χ2v) is 4.64. The largest absolute Gasteiger partial charge is 0.489 e. The van der Waals surface area contributed by atoms with Crippen LogP contribution in [0.2, 0.25) is 0 Å². The number of nitro groups is 1. The first-order valence-corrected chi connectivity index (χ1v) is 6.89. The molecule has 2 rings (SSSR count). The fourth-order valence-electron chi connectivity index (χ4n) is 1.92. The molecule has 0 saturated carbocycles. The number of hydrogen-bond acceptors (Lipinski definition) is 4. The molecule has 110 valence electrons. The predicted octanol–water partition coefficient (Wildman–Crippen LogP) is 4.00. The van der Waals surface area contributed by atoms with Gasteiger partial charge in [-0.15, -0.1) is 0 Å². The van der Waals surface area contributed by atoms with Crippen LogP contribution in [0.5, 0.6) is 5.75 Å². The van der Waals surface area contributed by atoms with Crippen LogP contribution in [0.3, 0.4) is 0 Å². The average Bonchev–Trinajstić information content (AvgIpc) is 2.51. The zero-order valence-corrected chi connectivity index (χ0v) is 11.9. The number of benzene rings is 2. The molecule has 5 heteroatoms. The Morgan fingerprint density at radius 2 is 1.95 bits per heavy atom. The Hall–Kier alpha value is -2.56. The van der Waals surface area contributed by atoms with Gasteiger partial charge in [0.1, 0.15) is 18.0 Å². The first-order chi connectivity index (χ1) is 10.2. The van der Waals surface area contributed by atoms with Crippen molar-refractivity contribution in [1.29, 1.82) is 0 Å². The van der Waals surface area contributed by atoms with Crippen molar-refractivity contribution in [3.05, 3.63) is 64.2 Å². The summed E-state index contributed by atoms with van der Waals surface area (Å²) < 4.78 is 5.65. The van der Waals surface area contributed by atoms with Crippen LogP contribution in [0.15, 0.2) is 48.5 Å². The second kappa shape index (κ2) is 7.28. The van der Waals surface area contributed by atoms with Crippen molar-refractivity contribution in [3.63, 3.8) is 0 Å². The van der Waals surface area contributed by atoms with E-state index in [1.807, 2.05) is 37.3 Å². The summed E-state index contributed by atoms with van der Waals surface area (Å²) in [5.74, 6) is 0.777. The maximum absolute atomic E-state index is 11.0. The Morgan fingerprint density at radius 1 is 1.19 bits per heavy atom. The standard InChI is InChI=1S/C16H18N2O3/c1-2-10-17-15-11-13(8-9-16(15)18(19)20)12-21-14-6-4-3-5-7-14/h3-9,11,17H,2,10,12H2,1H3. The van der Waals surface area contributed by atoms with Crippen LogP contribution in [-0.2, 0) is 6.61 Å². The summed E-state index contributed by atoms with van der Waals surface area (Å²) in [5, 5.41) is 14.1. The van der Waals surface area contributed by atoms with Crippen LogP contribution in [0, 0.1) is 10.1 Å². The van der Waals surface area contributed by atoms with Crippen molar-refractivity contribution < 1.29 is 9.66 Å². The maximum Gasteiger partial charge on any atom is 0.292 e. The average molecular weight is 286 g/mol. The van der Waals surface area contributed by atoms with Crippen molar-refractivity contribution in [2.45, 2.75) is 20.0 Å². The molecule has 21 heavy (non-hydrogen) atoms. The minimum atomic E-state index is -0.375. The van der Waals surface area contributed by atoms with Gasteiger partial charge < -0.3 is 10.1 Å². The first kappa shape index (κ1) is 14.8. The fraction of sp³-hybridized carbons (Fsp3) is 0.250. The van der Waals surface area contributed by atoms with E-state index in [4.69, 9.17) is 4.74 Å². The van der Waals surface area contributed by atoms with E-state index >= 15 is 0 Å². The summed E-state index contributed by atoms with van der Waals surface area (Å²) in [6.07, 6.45) is 0.905. The second-order valence-electron chi connectivity index (χ2n) is 4.64. The summed E-state index contributed by atoms with van der Waals surface area (Å²) in [6.45, 7) is 3.09. The highest BCUT2D eigenvalue weighted by Gasteiger charge is 2.13. The number of para-hydroxylation sites is 1. The van der Waals surface area contributed by atoms with Crippen LogP contribution >= 0.6 is 0 Å². The lowest BCUT2D eigenvalue weighted by atomic mass is 10.1. The number of nitro benzene ring substituents is 1. The molecule has 0 aliphatic rings. The van der Waals surface area contributed by atoms with Gasteiger partial charge in [-0.25, -0.2) is 0 Å². The van der Waals surface area contributed by atoms with E-state index in [9.17, 15) is 10.1 Å². The molecule has 0 aliphatic carbocycles. The molecule has 5 nitrogen and oxygen atoms in total. The lowest BCUT2D eigenvalue weighted by Crippen LogP contribution is -2.05. The van der Waals surface area contributed by atoms with Gasteiger partial charge in [0.15, 0.2) is 0 Å². The van der Waals surface area contributed by atoms with Crippen molar-refractivity contribution in [1.82, 2.24) is 0 Å². The summed E-state index contributed by atoms with van der Waals surface area (Å²) in [5.41, 5.74) is 1.52. The van der Waals surface area contributed by atoms with Crippen molar-refractivity contribution in [3.8, 4) is 5.75 Å². The van der Waals surface area contributed by atoms with E-state index in [1.54, 1.807) is 12.1 Å². The topological polar surface area (TPSA) is 64.4 Å². The minimum absolute atomic E-state index is 0.0897. The Labute approximate surface area is 123 Å². The summed E-state index contributed by atoms with van der Waals surface area (Å²) in [4.78, 5) is 10.6. The molecular formula is C16H18N2O3. The van der Waals surface area contributed by atoms with Gasteiger partial charge in [0.2, 0.25) is 0 Å². The smallest absolute Gasteiger partial charge is 0.292 e. The molecule has 1 N–H and O–H groups in total. The molecule has 0 bridgehead atoms. The highest BCUT2D eigenvalue weighted by Crippen LogP contribution is 2.26. The van der Waals surface area contributed by atoms with Crippen LogP contribution in [0.25, 0.3) is 0 Å². The third kappa shape index (κ3) is 4.21. The number of rotatable bonds is 7. The molecule has 0 aromatic heterocycles. The van der Waals surface area contributed by atoms with Crippen molar-refractivity contribution in [2.75, 3.05) is 11.9 Å². The Morgan fingerprint density at radius 3 is 2.62 bits per heavy atom. The Bertz CT molecular complexity index is 600. The van der Waals surface area contributed by atoms with Gasteiger partial charge >= 0.3 is 0 Å². The quantitative estimate of drug-likeness (QED) is 0.617. The molecule has 2 aromatic carbocycles. The number of nitrogens with zero attached hydrogens (tertiary/aromatic N) is 1. The van der Waals surface area contributed by atoms with Gasteiger partial charge in [-0.2, -0.15) is 0 Å². The minimum Gasteiger partial charge on any atom is -0.489 e. The molecule has 0 saturated heterocycles. The number of ether oxygens (including phenoxy) is 1. The number of anilines is 1. The van der Waals surface area contributed by atoms with Gasteiger partial charge in [-0.3, -0.25) is 10.1 Å². The zero-order chi connectivity index (χ0) is 15.1. The van der Waals surface area contributed by atoms with E-state index in [0.717, 1.165) is 17.7 Å². The van der Waals surface area contributed by atoms with Gasteiger partial charge in [-0.1, -0.05) is 25.1 Å².